The second-order valence-corrected chi connectivity index (χ2v) is 6.39. The predicted molar refractivity (Wildman–Crippen MR) is 56.6 cm³/mol. The molecule has 1 fully saturated rings. The Bertz CT molecular complexity index is 499. The van der Waals surface area contributed by atoms with Gasteiger partial charge in [0.25, 0.3) is 0 Å². The molecule has 1 aromatic heterocycles. The van der Waals surface area contributed by atoms with Gasteiger partial charge in [-0.15, -0.1) is 11.3 Å². The van der Waals surface area contributed by atoms with Gasteiger partial charge in [-0.25, -0.2) is 8.42 Å². The summed E-state index contributed by atoms with van der Waals surface area (Å²) >= 11 is 0.875. The SMILES string of the molecule is O=C([O-])c1cc(S(=O)(=O)N2CCCC2)cs1. The summed E-state index contributed by atoms with van der Waals surface area (Å²) in [6, 6.07) is 1.16. The number of carbonyl (C=O) groups excluding carboxylic acids is 1. The zero-order chi connectivity index (χ0) is 11.8. The first-order valence-corrected chi connectivity index (χ1v) is 7.14. The highest BCUT2D eigenvalue weighted by Crippen LogP contribution is 2.24. The average Bonchev–Trinajstić information content (AvgIpc) is 2.90. The quantitative estimate of drug-likeness (QED) is 0.760. The Morgan fingerprint density at radius 3 is 2.50 bits per heavy atom. The van der Waals surface area contributed by atoms with Gasteiger partial charge in [0.15, 0.2) is 0 Å². The molecular weight excluding hydrogens is 250 g/mol. The van der Waals surface area contributed by atoms with E-state index in [4.69, 9.17) is 0 Å². The van der Waals surface area contributed by atoms with Crippen molar-refractivity contribution in [3.63, 3.8) is 0 Å². The number of carbonyl (C=O) groups is 1. The van der Waals surface area contributed by atoms with Gasteiger partial charge in [-0.2, -0.15) is 4.31 Å². The second-order valence-electron chi connectivity index (χ2n) is 3.55. The number of sulfonamides is 1. The molecule has 0 saturated carbocycles. The van der Waals surface area contributed by atoms with E-state index in [1.165, 1.54) is 9.69 Å². The van der Waals surface area contributed by atoms with Gasteiger partial charge in [-0.3, -0.25) is 0 Å². The van der Waals surface area contributed by atoms with Crippen molar-refractivity contribution < 1.29 is 18.3 Å². The van der Waals surface area contributed by atoms with E-state index in [0.29, 0.717) is 13.1 Å². The molecule has 0 radical (unpaired) electrons. The molecule has 1 aromatic rings. The first-order chi connectivity index (χ1) is 7.51. The van der Waals surface area contributed by atoms with E-state index in [1.807, 2.05) is 0 Å². The number of carboxylic acid groups (broad SMARTS) is 1. The van der Waals surface area contributed by atoms with E-state index in [0.717, 1.165) is 30.2 Å². The zero-order valence-corrected chi connectivity index (χ0v) is 10.0. The van der Waals surface area contributed by atoms with Crippen LogP contribution in [-0.2, 0) is 10.0 Å². The van der Waals surface area contributed by atoms with Crippen molar-refractivity contribution in [2.24, 2.45) is 0 Å². The molecule has 0 aliphatic carbocycles. The largest absolute Gasteiger partial charge is 0.544 e. The van der Waals surface area contributed by atoms with Crippen molar-refractivity contribution in [2.45, 2.75) is 17.7 Å². The van der Waals surface area contributed by atoms with Crippen LogP contribution < -0.4 is 5.11 Å². The normalized spacial score (nSPS) is 17.8. The van der Waals surface area contributed by atoms with Crippen LogP contribution in [0, 0.1) is 0 Å². The van der Waals surface area contributed by atoms with E-state index in [2.05, 4.69) is 0 Å². The predicted octanol–water partition coefficient (Wildman–Crippen LogP) is -0.104. The minimum atomic E-state index is -3.50. The van der Waals surface area contributed by atoms with Crippen LogP contribution in [0.4, 0.5) is 0 Å². The molecule has 1 saturated heterocycles. The van der Waals surface area contributed by atoms with Gasteiger partial charge in [0.2, 0.25) is 10.0 Å². The van der Waals surface area contributed by atoms with E-state index < -0.39 is 16.0 Å². The van der Waals surface area contributed by atoms with Crippen LogP contribution in [0.1, 0.15) is 22.5 Å². The van der Waals surface area contributed by atoms with Crippen LogP contribution in [0.25, 0.3) is 0 Å². The molecule has 5 nitrogen and oxygen atoms in total. The third-order valence-electron chi connectivity index (χ3n) is 2.48. The standard InChI is InChI=1S/C9H11NO4S2/c11-9(12)8-5-7(6-15-8)16(13,14)10-3-1-2-4-10/h5-6H,1-4H2,(H,11,12)/p-1. The Labute approximate surface area is 97.4 Å². The lowest BCUT2D eigenvalue weighted by Crippen LogP contribution is -2.27. The summed E-state index contributed by atoms with van der Waals surface area (Å²) < 4.78 is 25.4. The van der Waals surface area contributed by atoms with Crippen LogP contribution in [-0.4, -0.2) is 31.8 Å². The fourth-order valence-corrected chi connectivity index (χ4v) is 4.25. The Kier molecular flexibility index (Phi) is 3.00. The topological polar surface area (TPSA) is 77.5 Å². The molecule has 7 heteroatoms. The van der Waals surface area contributed by atoms with Crippen LogP contribution in [0.2, 0.25) is 0 Å². The fraction of sp³-hybridized carbons (Fsp3) is 0.444. The number of thiophene rings is 1. The summed E-state index contributed by atoms with van der Waals surface area (Å²) in [4.78, 5) is 10.6. The van der Waals surface area contributed by atoms with E-state index in [1.54, 1.807) is 0 Å². The molecule has 0 atom stereocenters. The number of hydrogen-bond donors (Lipinski definition) is 0. The van der Waals surface area contributed by atoms with Gasteiger partial charge in [0, 0.05) is 18.5 Å². The van der Waals surface area contributed by atoms with Gasteiger partial charge < -0.3 is 9.90 Å². The molecule has 0 aromatic carbocycles. The molecule has 0 bridgehead atoms. The van der Waals surface area contributed by atoms with Crippen molar-refractivity contribution in [3.8, 4) is 0 Å². The van der Waals surface area contributed by atoms with Crippen molar-refractivity contribution in [3.05, 3.63) is 16.3 Å². The van der Waals surface area contributed by atoms with E-state index in [-0.39, 0.29) is 9.77 Å². The Morgan fingerprint density at radius 1 is 1.38 bits per heavy atom. The van der Waals surface area contributed by atoms with Crippen LogP contribution in [0.5, 0.6) is 0 Å². The first kappa shape index (κ1) is 11.6. The summed E-state index contributed by atoms with van der Waals surface area (Å²) in [6.07, 6.45) is 1.72. The molecular formula is C9H10NO4S2-. The molecule has 1 aliphatic heterocycles. The van der Waals surface area contributed by atoms with Crippen LogP contribution in [0.3, 0.4) is 0 Å². The van der Waals surface area contributed by atoms with Crippen LogP contribution >= 0.6 is 11.3 Å². The first-order valence-electron chi connectivity index (χ1n) is 4.82. The smallest absolute Gasteiger partial charge is 0.243 e. The number of rotatable bonds is 3. The van der Waals surface area contributed by atoms with Gasteiger partial charge in [0.05, 0.1) is 15.7 Å². The molecule has 88 valence electrons. The summed E-state index contributed by atoms with van der Waals surface area (Å²) in [5.74, 6) is -1.34. The maximum absolute atomic E-state index is 12.0. The maximum Gasteiger partial charge on any atom is 0.243 e. The second kappa shape index (κ2) is 4.15. The summed E-state index contributed by atoms with van der Waals surface area (Å²) in [5, 5.41) is 11.9. The third-order valence-corrected chi connectivity index (χ3v) is 5.42. The molecule has 16 heavy (non-hydrogen) atoms. The highest BCUT2D eigenvalue weighted by Gasteiger charge is 2.27. The number of carboxylic acids is 1. The maximum atomic E-state index is 12.0. The Balaban J connectivity index is 2.31. The van der Waals surface area contributed by atoms with Crippen molar-refractivity contribution >= 4 is 27.3 Å². The molecule has 2 heterocycles. The lowest BCUT2D eigenvalue weighted by molar-refractivity contribution is -0.254. The molecule has 0 amide bonds. The summed E-state index contributed by atoms with van der Waals surface area (Å²) in [7, 11) is -3.50. The van der Waals surface area contributed by atoms with Gasteiger partial charge in [0.1, 0.15) is 0 Å². The summed E-state index contributed by atoms with van der Waals surface area (Å²) in [5.41, 5.74) is 0. The highest BCUT2D eigenvalue weighted by molar-refractivity contribution is 7.89. The molecule has 0 unspecified atom stereocenters. The lowest BCUT2D eigenvalue weighted by Gasteiger charge is -2.13. The molecule has 0 N–H and O–H groups in total. The van der Waals surface area contributed by atoms with E-state index >= 15 is 0 Å². The lowest BCUT2D eigenvalue weighted by atomic mass is 10.4. The van der Waals surface area contributed by atoms with Crippen molar-refractivity contribution in [1.29, 1.82) is 0 Å². The van der Waals surface area contributed by atoms with Crippen LogP contribution in [0.15, 0.2) is 16.3 Å². The third kappa shape index (κ3) is 1.98. The monoisotopic (exact) mass is 260 g/mol. The highest BCUT2D eigenvalue weighted by atomic mass is 32.2. The van der Waals surface area contributed by atoms with Gasteiger partial charge in [-0.1, -0.05) is 0 Å². The molecule has 0 spiro atoms. The molecule has 1 aliphatic rings. The Hall–Kier alpha value is -0.920. The van der Waals surface area contributed by atoms with Gasteiger partial charge in [-0.05, 0) is 18.9 Å². The zero-order valence-electron chi connectivity index (χ0n) is 8.38. The van der Waals surface area contributed by atoms with E-state index in [9.17, 15) is 18.3 Å². The molecule has 2 rings (SSSR count). The minimum Gasteiger partial charge on any atom is -0.544 e. The average molecular weight is 260 g/mol. The fourth-order valence-electron chi connectivity index (χ4n) is 1.64. The number of hydrogen-bond acceptors (Lipinski definition) is 5. The summed E-state index contributed by atoms with van der Waals surface area (Å²) in [6.45, 7) is 1.03. The van der Waals surface area contributed by atoms with Crippen molar-refractivity contribution in [1.82, 2.24) is 4.31 Å². The number of aromatic carboxylic acids is 1. The Morgan fingerprint density at radius 2 is 2.00 bits per heavy atom. The number of nitrogens with zero attached hydrogens (tertiary/aromatic N) is 1. The van der Waals surface area contributed by atoms with Gasteiger partial charge >= 0.3 is 0 Å². The minimum absolute atomic E-state index is 0.0543. The van der Waals surface area contributed by atoms with Crippen molar-refractivity contribution in [2.75, 3.05) is 13.1 Å².